The van der Waals surface area contributed by atoms with Crippen molar-refractivity contribution >= 4 is 17.5 Å². The summed E-state index contributed by atoms with van der Waals surface area (Å²) in [4.78, 5) is 28.7. The number of hydrogen-bond acceptors (Lipinski definition) is 4. The van der Waals surface area contributed by atoms with Crippen LogP contribution in [0.25, 0.3) is 0 Å². The lowest BCUT2D eigenvalue weighted by molar-refractivity contribution is -0.147. The van der Waals surface area contributed by atoms with Gasteiger partial charge in [-0.2, -0.15) is 0 Å². The summed E-state index contributed by atoms with van der Waals surface area (Å²) in [5, 5.41) is 8.92. The zero-order valence-corrected chi connectivity index (χ0v) is 14.2. The molecule has 25 heavy (non-hydrogen) atoms. The Bertz CT molecular complexity index is 614. The van der Waals surface area contributed by atoms with Gasteiger partial charge in [0, 0.05) is 37.8 Å². The summed E-state index contributed by atoms with van der Waals surface area (Å²) in [6.07, 6.45) is 3.16. The second-order valence-corrected chi connectivity index (χ2v) is 6.76. The quantitative estimate of drug-likeness (QED) is 0.645. The van der Waals surface area contributed by atoms with Crippen LogP contribution < -0.4 is 10.4 Å². The molecule has 0 spiro atoms. The van der Waals surface area contributed by atoms with Crippen LogP contribution in [0.15, 0.2) is 24.3 Å². The Morgan fingerprint density at radius 1 is 1.00 bits per heavy atom. The highest BCUT2D eigenvalue weighted by Gasteiger charge is 2.38. The SMILES string of the molecule is O=C(NO)[C@H]1CCCC[C@@H]1C(=O)N1CCN(c2ccc(F)cc2)CC1. The molecule has 1 aromatic carbocycles. The molecule has 1 heterocycles. The normalized spacial score (nSPS) is 24.1. The van der Waals surface area contributed by atoms with Gasteiger partial charge in [-0.25, -0.2) is 9.87 Å². The first kappa shape index (κ1) is 17.7. The highest BCUT2D eigenvalue weighted by atomic mass is 19.1. The van der Waals surface area contributed by atoms with Crippen molar-refractivity contribution in [1.29, 1.82) is 0 Å². The number of nitrogens with one attached hydrogen (secondary N) is 1. The van der Waals surface area contributed by atoms with Gasteiger partial charge in [-0.15, -0.1) is 0 Å². The van der Waals surface area contributed by atoms with E-state index < -0.39 is 11.8 Å². The lowest BCUT2D eigenvalue weighted by Gasteiger charge is -2.39. The summed E-state index contributed by atoms with van der Waals surface area (Å²) in [7, 11) is 0. The van der Waals surface area contributed by atoms with Crippen molar-refractivity contribution in [2.45, 2.75) is 25.7 Å². The predicted molar refractivity (Wildman–Crippen MR) is 90.6 cm³/mol. The third-order valence-corrected chi connectivity index (χ3v) is 5.31. The van der Waals surface area contributed by atoms with Gasteiger partial charge in [0.1, 0.15) is 5.82 Å². The summed E-state index contributed by atoms with van der Waals surface area (Å²) in [5.74, 6) is -1.50. The van der Waals surface area contributed by atoms with Crippen molar-refractivity contribution < 1.29 is 19.2 Å². The van der Waals surface area contributed by atoms with E-state index in [4.69, 9.17) is 5.21 Å². The monoisotopic (exact) mass is 349 g/mol. The van der Waals surface area contributed by atoms with Crippen LogP contribution in [-0.4, -0.2) is 48.1 Å². The zero-order valence-electron chi connectivity index (χ0n) is 14.2. The van der Waals surface area contributed by atoms with Crippen LogP contribution in [0, 0.1) is 17.7 Å². The molecule has 1 aliphatic heterocycles. The van der Waals surface area contributed by atoms with Gasteiger partial charge in [0.25, 0.3) is 0 Å². The zero-order chi connectivity index (χ0) is 17.8. The molecule has 1 aromatic rings. The number of carbonyl (C=O) groups excluding carboxylic acids is 2. The summed E-state index contributed by atoms with van der Waals surface area (Å²) < 4.78 is 13.0. The lowest BCUT2D eigenvalue weighted by atomic mass is 9.78. The number of nitrogens with zero attached hydrogens (tertiary/aromatic N) is 2. The summed E-state index contributed by atoms with van der Waals surface area (Å²) in [6.45, 7) is 2.53. The van der Waals surface area contributed by atoms with E-state index >= 15 is 0 Å². The molecule has 2 fully saturated rings. The van der Waals surface area contributed by atoms with Crippen molar-refractivity contribution in [3.63, 3.8) is 0 Å². The summed E-state index contributed by atoms with van der Waals surface area (Å²) >= 11 is 0. The van der Waals surface area contributed by atoms with Crippen LogP contribution in [0.4, 0.5) is 10.1 Å². The maximum Gasteiger partial charge on any atom is 0.247 e. The van der Waals surface area contributed by atoms with Gasteiger partial charge in [-0.05, 0) is 37.1 Å². The van der Waals surface area contributed by atoms with E-state index in [1.54, 1.807) is 17.6 Å². The van der Waals surface area contributed by atoms with Crippen LogP contribution in [0.2, 0.25) is 0 Å². The van der Waals surface area contributed by atoms with Crippen molar-refractivity contribution in [3.8, 4) is 0 Å². The number of hydrogen-bond donors (Lipinski definition) is 2. The van der Waals surface area contributed by atoms with E-state index in [-0.39, 0.29) is 17.6 Å². The number of hydroxylamine groups is 1. The van der Waals surface area contributed by atoms with Crippen molar-refractivity contribution in [2.24, 2.45) is 11.8 Å². The summed E-state index contributed by atoms with van der Waals surface area (Å²) in [6, 6.07) is 6.37. The third-order valence-electron chi connectivity index (χ3n) is 5.31. The van der Waals surface area contributed by atoms with Gasteiger partial charge >= 0.3 is 0 Å². The van der Waals surface area contributed by atoms with Gasteiger partial charge in [-0.1, -0.05) is 12.8 Å². The summed E-state index contributed by atoms with van der Waals surface area (Å²) in [5.41, 5.74) is 2.65. The molecule has 7 heteroatoms. The van der Waals surface area contributed by atoms with E-state index in [0.29, 0.717) is 39.0 Å². The Labute approximate surface area is 146 Å². The first-order valence-electron chi connectivity index (χ1n) is 8.83. The van der Waals surface area contributed by atoms with Gasteiger partial charge in [-0.3, -0.25) is 14.8 Å². The number of halogens is 1. The molecule has 6 nitrogen and oxygen atoms in total. The highest BCUT2D eigenvalue weighted by Crippen LogP contribution is 2.32. The van der Waals surface area contributed by atoms with Crippen LogP contribution in [-0.2, 0) is 9.59 Å². The fourth-order valence-corrected chi connectivity index (χ4v) is 3.89. The van der Waals surface area contributed by atoms with Crippen molar-refractivity contribution in [1.82, 2.24) is 10.4 Å². The van der Waals surface area contributed by atoms with Crippen LogP contribution in [0.3, 0.4) is 0 Å². The Hall–Kier alpha value is -2.15. The van der Waals surface area contributed by atoms with E-state index in [9.17, 15) is 14.0 Å². The van der Waals surface area contributed by atoms with Crippen LogP contribution >= 0.6 is 0 Å². The number of amides is 2. The largest absolute Gasteiger partial charge is 0.368 e. The molecule has 0 radical (unpaired) electrons. The number of anilines is 1. The topological polar surface area (TPSA) is 72.9 Å². The molecular formula is C18H24FN3O3. The highest BCUT2D eigenvalue weighted by molar-refractivity contribution is 5.87. The van der Waals surface area contributed by atoms with E-state index in [1.165, 1.54) is 12.1 Å². The molecule has 1 saturated heterocycles. The number of piperazine rings is 1. The lowest BCUT2D eigenvalue weighted by Crippen LogP contribution is -2.52. The second-order valence-electron chi connectivity index (χ2n) is 6.76. The molecule has 2 aliphatic rings. The number of rotatable bonds is 3. The molecule has 0 bridgehead atoms. The maximum absolute atomic E-state index is 13.0. The average Bonchev–Trinajstić information content (AvgIpc) is 2.67. The fraction of sp³-hybridized carbons (Fsp3) is 0.556. The third kappa shape index (κ3) is 3.92. The van der Waals surface area contributed by atoms with Gasteiger partial charge in [0.15, 0.2) is 0 Å². The number of carbonyl (C=O) groups is 2. The molecule has 0 aromatic heterocycles. The maximum atomic E-state index is 13.0. The minimum Gasteiger partial charge on any atom is -0.368 e. The molecule has 1 aliphatic carbocycles. The first-order valence-corrected chi connectivity index (χ1v) is 8.83. The minimum atomic E-state index is -0.456. The standard InChI is InChI=1S/C18H24FN3O3/c19-13-5-7-14(8-6-13)21-9-11-22(12-10-21)18(24)16-4-2-1-3-15(16)17(23)20-25/h5-8,15-16,25H,1-4,9-12H2,(H,20,23)/t15-,16-/m0/s1. The molecule has 1 saturated carbocycles. The van der Waals surface area contributed by atoms with Gasteiger partial charge < -0.3 is 9.80 Å². The molecule has 136 valence electrons. The smallest absolute Gasteiger partial charge is 0.247 e. The van der Waals surface area contributed by atoms with E-state index in [2.05, 4.69) is 4.90 Å². The Balaban J connectivity index is 1.60. The Morgan fingerprint density at radius 3 is 2.20 bits per heavy atom. The molecule has 2 amide bonds. The molecule has 0 unspecified atom stereocenters. The predicted octanol–water partition coefficient (Wildman–Crippen LogP) is 1.79. The van der Waals surface area contributed by atoms with Crippen molar-refractivity contribution in [3.05, 3.63) is 30.1 Å². The average molecular weight is 349 g/mol. The van der Waals surface area contributed by atoms with Gasteiger partial charge in [0.05, 0.1) is 5.92 Å². The molecular weight excluding hydrogens is 325 g/mol. The number of benzene rings is 1. The molecule has 2 N–H and O–H groups in total. The fourth-order valence-electron chi connectivity index (χ4n) is 3.89. The Morgan fingerprint density at radius 2 is 1.60 bits per heavy atom. The van der Waals surface area contributed by atoms with Crippen LogP contribution in [0.5, 0.6) is 0 Å². The minimum absolute atomic E-state index is 0.00653. The van der Waals surface area contributed by atoms with E-state index in [0.717, 1.165) is 18.5 Å². The Kier molecular flexibility index (Phi) is 5.53. The van der Waals surface area contributed by atoms with Crippen LogP contribution in [0.1, 0.15) is 25.7 Å². The van der Waals surface area contributed by atoms with E-state index in [1.807, 2.05) is 4.90 Å². The molecule has 3 rings (SSSR count). The second kappa shape index (κ2) is 7.82. The van der Waals surface area contributed by atoms with Crippen molar-refractivity contribution in [2.75, 3.05) is 31.1 Å². The molecule has 2 atom stereocenters. The first-order chi connectivity index (χ1) is 12.1. The van der Waals surface area contributed by atoms with Gasteiger partial charge in [0.2, 0.25) is 11.8 Å².